The molecule has 1 aromatic carbocycles. The summed E-state index contributed by atoms with van der Waals surface area (Å²) < 4.78 is 6.69. The molecular formula is C23H26N2O3S. The number of nitrogens with zero attached hydrogens (tertiary/aromatic N) is 2. The number of benzene rings is 1. The van der Waals surface area contributed by atoms with E-state index in [0.29, 0.717) is 16.8 Å². The van der Waals surface area contributed by atoms with E-state index in [1.165, 1.54) is 46.2 Å². The quantitative estimate of drug-likeness (QED) is 0.428. The maximum Gasteiger partial charge on any atom is 0.328 e. The molecule has 2 heterocycles. The molecular weight excluding hydrogens is 384 g/mol. The molecule has 0 bridgehead atoms. The molecule has 1 aliphatic rings. The molecule has 0 fully saturated rings. The summed E-state index contributed by atoms with van der Waals surface area (Å²) in [6, 6.07) is 5.81. The van der Waals surface area contributed by atoms with Gasteiger partial charge in [-0.25, -0.2) is 9.78 Å². The van der Waals surface area contributed by atoms with Crippen molar-refractivity contribution in [2.75, 3.05) is 6.61 Å². The predicted octanol–water partition coefficient (Wildman–Crippen LogP) is 4.91. The molecule has 0 saturated heterocycles. The van der Waals surface area contributed by atoms with Crippen molar-refractivity contribution in [2.24, 2.45) is 0 Å². The third kappa shape index (κ3) is 3.86. The number of hydrogen-bond donors (Lipinski definition) is 0. The number of hydrogen-bond acceptors (Lipinski definition) is 5. The molecule has 0 spiro atoms. The highest BCUT2D eigenvalue weighted by atomic mass is 32.1. The van der Waals surface area contributed by atoms with Crippen molar-refractivity contribution in [3.8, 4) is 11.1 Å². The van der Waals surface area contributed by atoms with Gasteiger partial charge in [0.25, 0.3) is 5.56 Å². The van der Waals surface area contributed by atoms with E-state index in [1.54, 1.807) is 6.92 Å². The zero-order valence-corrected chi connectivity index (χ0v) is 17.8. The van der Waals surface area contributed by atoms with Gasteiger partial charge in [0, 0.05) is 10.9 Å². The van der Waals surface area contributed by atoms with E-state index < -0.39 is 12.0 Å². The fourth-order valence-electron chi connectivity index (χ4n) is 3.89. The van der Waals surface area contributed by atoms with Crippen LogP contribution in [0.25, 0.3) is 21.3 Å². The van der Waals surface area contributed by atoms with Gasteiger partial charge in [-0.3, -0.25) is 9.36 Å². The van der Waals surface area contributed by atoms with Gasteiger partial charge in [-0.05, 0) is 55.7 Å². The Hall–Kier alpha value is -2.47. The van der Waals surface area contributed by atoms with Gasteiger partial charge in [-0.1, -0.05) is 31.5 Å². The third-order valence-corrected chi connectivity index (χ3v) is 6.57. The number of thiophene rings is 1. The molecule has 5 nitrogen and oxygen atoms in total. The molecule has 4 rings (SSSR count). The van der Waals surface area contributed by atoms with Crippen molar-refractivity contribution in [3.05, 3.63) is 51.4 Å². The highest BCUT2D eigenvalue weighted by molar-refractivity contribution is 7.17. The fraction of sp³-hybridized carbons (Fsp3) is 0.435. The van der Waals surface area contributed by atoms with Gasteiger partial charge in [0.05, 0.1) is 18.3 Å². The lowest BCUT2D eigenvalue weighted by atomic mass is 9.89. The summed E-state index contributed by atoms with van der Waals surface area (Å²) in [4.78, 5) is 30.8. The first-order chi connectivity index (χ1) is 14.1. The van der Waals surface area contributed by atoms with E-state index in [2.05, 4.69) is 23.2 Å². The molecule has 2 aromatic heterocycles. The van der Waals surface area contributed by atoms with Crippen LogP contribution < -0.4 is 5.56 Å². The van der Waals surface area contributed by atoms with Crippen molar-refractivity contribution < 1.29 is 9.53 Å². The van der Waals surface area contributed by atoms with Gasteiger partial charge in [-0.2, -0.15) is 0 Å². The van der Waals surface area contributed by atoms with Crippen molar-refractivity contribution in [1.82, 2.24) is 9.55 Å². The Balaban J connectivity index is 1.71. The third-order valence-electron chi connectivity index (χ3n) is 5.68. The van der Waals surface area contributed by atoms with E-state index in [9.17, 15) is 9.59 Å². The lowest BCUT2D eigenvalue weighted by Crippen LogP contribution is -2.29. The molecule has 0 N–H and O–H groups in total. The molecule has 0 amide bonds. The summed E-state index contributed by atoms with van der Waals surface area (Å²) in [5.74, 6) is -0.396. The van der Waals surface area contributed by atoms with Crippen LogP contribution in [0.5, 0.6) is 0 Å². The average Bonchev–Trinajstić information content (AvgIpc) is 3.18. The van der Waals surface area contributed by atoms with Gasteiger partial charge >= 0.3 is 5.97 Å². The number of unbranched alkanes of at least 4 members (excludes halogenated alkanes) is 1. The van der Waals surface area contributed by atoms with Crippen LogP contribution >= 0.6 is 11.3 Å². The highest BCUT2D eigenvalue weighted by Crippen LogP contribution is 2.33. The SMILES string of the molecule is CCCCOC(=O)C(C)n1cnc2scc(-c3ccc4c(c3)CCCC4)c2c1=O. The first-order valence-corrected chi connectivity index (χ1v) is 11.2. The van der Waals surface area contributed by atoms with Crippen LogP contribution in [0.3, 0.4) is 0 Å². The standard InChI is InChI=1S/C23H26N2O3S/c1-3-4-11-28-23(27)15(2)25-14-24-21-20(22(25)26)19(13-29-21)18-10-9-16-7-5-6-8-17(16)12-18/h9-10,12-15H,3-8,11H2,1-2H3. The van der Waals surface area contributed by atoms with E-state index in [-0.39, 0.29) is 5.56 Å². The molecule has 29 heavy (non-hydrogen) atoms. The number of rotatable bonds is 6. The van der Waals surface area contributed by atoms with Crippen LogP contribution in [0, 0.1) is 0 Å². The minimum atomic E-state index is -0.701. The summed E-state index contributed by atoms with van der Waals surface area (Å²) in [7, 11) is 0. The summed E-state index contributed by atoms with van der Waals surface area (Å²) in [5.41, 5.74) is 4.55. The molecule has 1 atom stereocenters. The Bertz CT molecular complexity index is 1100. The van der Waals surface area contributed by atoms with Gasteiger partial charge in [-0.15, -0.1) is 11.3 Å². The fourth-order valence-corrected chi connectivity index (χ4v) is 4.79. The highest BCUT2D eigenvalue weighted by Gasteiger charge is 2.21. The summed E-state index contributed by atoms with van der Waals surface area (Å²) >= 11 is 1.47. The summed E-state index contributed by atoms with van der Waals surface area (Å²) in [6.45, 7) is 4.11. The van der Waals surface area contributed by atoms with Gasteiger partial charge < -0.3 is 4.74 Å². The molecule has 152 valence electrons. The number of aromatic nitrogens is 2. The summed E-state index contributed by atoms with van der Waals surface area (Å²) in [5, 5.41) is 2.58. The minimum absolute atomic E-state index is 0.191. The second kappa shape index (κ2) is 8.49. The number of aryl methyl sites for hydroxylation is 2. The Morgan fingerprint density at radius 1 is 1.28 bits per heavy atom. The second-order valence-corrected chi connectivity index (χ2v) is 8.53. The number of carbonyl (C=O) groups is 1. The van der Waals surface area contributed by atoms with Crippen LogP contribution in [-0.4, -0.2) is 22.1 Å². The Kier molecular flexibility index (Phi) is 5.81. The Labute approximate surface area is 174 Å². The minimum Gasteiger partial charge on any atom is -0.464 e. The first-order valence-electron chi connectivity index (χ1n) is 10.4. The van der Waals surface area contributed by atoms with Crippen molar-refractivity contribution in [1.29, 1.82) is 0 Å². The molecule has 0 radical (unpaired) electrons. The molecule has 1 aliphatic carbocycles. The van der Waals surface area contributed by atoms with E-state index in [0.717, 1.165) is 36.8 Å². The maximum atomic E-state index is 13.3. The Morgan fingerprint density at radius 3 is 2.86 bits per heavy atom. The van der Waals surface area contributed by atoms with Crippen molar-refractivity contribution in [2.45, 2.75) is 58.4 Å². The lowest BCUT2D eigenvalue weighted by Gasteiger charge is -2.17. The van der Waals surface area contributed by atoms with Crippen LogP contribution in [0.15, 0.2) is 34.7 Å². The first kappa shape index (κ1) is 19.8. The van der Waals surface area contributed by atoms with Crippen molar-refractivity contribution >= 4 is 27.5 Å². The van der Waals surface area contributed by atoms with E-state index in [4.69, 9.17) is 4.74 Å². The normalized spacial score (nSPS) is 14.6. The molecule has 0 saturated carbocycles. The predicted molar refractivity (Wildman–Crippen MR) is 117 cm³/mol. The van der Waals surface area contributed by atoms with E-state index >= 15 is 0 Å². The van der Waals surface area contributed by atoms with E-state index in [1.807, 2.05) is 12.3 Å². The summed E-state index contributed by atoms with van der Waals surface area (Å²) in [6.07, 6.45) is 7.91. The van der Waals surface area contributed by atoms with Crippen molar-refractivity contribution in [3.63, 3.8) is 0 Å². The number of ether oxygens (including phenoxy) is 1. The number of fused-ring (bicyclic) bond motifs is 2. The topological polar surface area (TPSA) is 61.2 Å². The maximum absolute atomic E-state index is 13.3. The number of esters is 1. The average molecular weight is 411 g/mol. The van der Waals surface area contributed by atoms with Gasteiger partial charge in [0.1, 0.15) is 10.9 Å². The number of carbonyl (C=O) groups excluding carboxylic acids is 1. The molecule has 1 unspecified atom stereocenters. The molecule has 3 aromatic rings. The van der Waals surface area contributed by atoms with Crippen LogP contribution in [-0.2, 0) is 22.4 Å². The molecule has 6 heteroatoms. The monoisotopic (exact) mass is 410 g/mol. The second-order valence-electron chi connectivity index (χ2n) is 7.67. The molecule has 0 aliphatic heterocycles. The van der Waals surface area contributed by atoms with Gasteiger partial charge in [0.15, 0.2) is 0 Å². The zero-order valence-electron chi connectivity index (χ0n) is 16.9. The zero-order chi connectivity index (χ0) is 20.4. The van der Waals surface area contributed by atoms with Crippen LogP contribution in [0.1, 0.15) is 56.7 Å². The lowest BCUT2D eigenvalue weighted by molar-refractivity contribution is -0.147. The van der Waals surface area contributed by atoms with Gasteiger partial charge in [0.2, 0.25) is 0 Å². The smallest absolute Gasteiger partial charge is 0.328 e. The Morgan fingerprint density at radius 2 is 2.07 bits per heavy atom. The van der Waals surface area contributed by atoms with Crippen LogP contribution in [0.2, 0.25) is 0 Å². The largest absolute Gasteiger partial charge is 0.464 e. The van der Waals surface area contributed by atoms with Crippen LogP contribution in [0.4, 0.5) is 0 Å².